The molecule has 1 heteroatoms. The Balaban J connectivity index is 3.03. The van der Waals surface area contributed by atoms with Crippen LogP contribution in [0.5, 0.6) is 0 Å². The first-order chi connectivity index (χ1) is 7.92. The van der Waals surface area contributed by atoms with E-state index < -0.39 is 0 Å². The van der Waals surface area contributed by atoms with Crippen molar-refractivity contribution in [2.24, 2.45) is 0 Å². The van der Waals surface area contributed by atoms with Crippen molar-refractivity contribution in [2.45, 2.75) is 78.6 Å². The van der Waals surface area contributed by atoms with Crippen LogP contribution in [0.3, 0.4) is 0 Å². The summed E-state index contributed by atoms with van der Waals surface area (Å²) in [5, 5.41) is 0. The lowest BCUT2D eigenvalue weighted by Gasteiger charge is -2.20. The van der Waals surface area contributed by atoms with Crippen LogP contribution in [-0.2, 0) is 11.8 Å². The van der Waals surface area contributed by atoms with Crippen molar-refractivity contribution in [1.82, 2.24) is 0 Å². The number of rotatable bonds is 6. The average molecular weight is 252 g/mol. The van der Waals surface area contributed by atoms with E-state index in [1.807, 2.05) is 11.3 Å². The van der Waals surface area contributed by atoms with Gasteiger partial charge >= 0.3 is 0 Å². The maximum absolute atomic E-state index is 2.49. The number of hydrogen-bond acceptors (Lipinski definition) is 1. The molecule has 1 heterocycles. The van der Waals surface area contributed by atoms with Crippen LogP contribution in [0.25, 0.3) is 0 Å². The van der Waals surface area contributed by atoms with E-state index in [9.17, 15) is 0 Å². The van der Waals surface area contributed by atoms with Crippen LogP contribution in [0, 0.1) is 0 Å². The lowest BCUT2D eigenvalue weighted by Crippen LogP contribution is -2.13. The average Bonchev–Trinajstić information content (AvgIpc) is 2.71. The van der Waals surface area contributed by atoms with Crippen molar-refractivity contribution in [1.29, 1.82) is 0 Å². The first-order valence-corrected chi connectivity index (χ1v) is 7.87. The van der Waals surface area contributed by atoms with Crippen molar-refractivity contribution in [3.63, 3.8) is 0 Å². The first kappa shape index (κ1) is 14.8. The molecular weight excluding hydrogens is 224 g/mol. The van der Waals surface area contributed by atoms with Crippen LogP contribution in [0.2, 0.25) is 0 Å². The summed E-state index contributed by atoms with van der Waals surface area (Å²) in [5.74, 6) is 0.674. The fraction of sp³-hybridized carbons (Fsp3) is 0.750. The molecule has 0 unspecified atom stereocenters. The minimum Gasteiger partial charge on any atom is -0.144 e. The van der Waals surface area contributed by atoms with E-state index in [2.05, 4.69) is 47.6 Å². The molecular formula is C16H28S. The molecule has 0 aliphatic carbocycles. The molecule has 0 saturated heterocycles. The van der Waals surface area contributed by atoms with Gasteiger partial charge in [-0.1, -0.05) is 48.0 Å². The SMILES string of the molecule is CCCCc1cc(C(C)(C)CC)sc1C(C)C. The summed E-state index contributed by atoms with van der Waals surface area (Å²) in [6.45, 7) is 14.0. The maximum Gasteiger partial charge on any atom is 0.0107 e. The van der Waals surface area contributed by atoms with Crippen molar-refractivity contribution >= 4 is 11.3 Å². The van der Waals surface area contributed by atoms with Gasteiger partial charge < -0.3 is 0 Å². The molecule has 0 saturated carbocycles. The zero-order chi connectivity index (χ0) is 13.1. The summed E-state index contributed by atoms with van der Waals surface area (Å²) in [7, 11) is 0. The Bertz CT molecular complexity index is 344. The van der Waals surface area contributed by atoms with Gasteiger partial charge in [-0.25, -0.2) is 0 Å². The van der Waals surface area contributed by atoms with Gasteiger partial charge in [0, 0.05) is 9.75 Å². The maximum atomic E-state index is 2.49. The molecule has 98 valence electrons. The highest BCUT2D eigenvalue weighted by Crippen LogP contribution is 2.38. The lowest BCUT2D eigenvalue weighted by molar-refractivity contribution is 0.516. The van der Waals surface area contributed by atoms with Crippen LogP contribution in [0.4, 0.5) is 0 Å². The second-order valence-corrected chi connectivity index (χ2v) is 7.08. The lowest BCUT2D eigenvalue weighted by atomic mass is 9.87. The Labute approximate surface area is 111 Å². The van der Waals surface area contributed by atoms with E-state index in [0.29, 0.717) is 11.3 Å². The molecule has 0 fully saturated rings. The topological polar surface area (TPSA) is 0 Å². The first-order valence-electron chi connectivity index (χ1n) is 7.05. The van der Waals surface area contributed by atoms with Crippen LogP contribution < -0.4 is 0 Å². The molecule has 0 bridgehead atoms. The minimum atomic E-state index is 0.346. The summed E-state index contributed by atoms with van der Waals surface area (Å²) in [4.78, 5) is 3.20. The zero-order valence-electron chi connectivity index (χ0n) is 12.4. The number of hydrogen-bond donors (Lipinski definition) is 0. The summed E-state index contributed by atoms with van der Waals surface area (Å²) >= 11 is 2.05. The summed E-state index contributed by atoms with van der Waals surface area (Å²) in [6.07, 6.45) is 5.10. The Kier molecular flexibility index (Phi) is 5.24. The molecule has 0 spiro atoms. The fourth-order valence-electron chi connectivity index (χ4n) is 2.00. The molecule has 17 heavy (non-hydrogen) atoms. The van der Waals surface area contributed by atoms with Gasteiger partial charge in [0.25, 0.3) is 0 Å². The van der Waals surface area contributed by atoms with Gasteiger partial charge in [0.15, 0.2) is 0 Å². The minimum absolute atomic E-state index is 0.346. The molecule has 1 rings (SSSR count). The van der Waals surface area contributed by atoms with E-state index in [0.717, 1.165) is 0 Å². The highest BCUT2D eigenvalue weighted by molar-refractivity contribution is 7.12. The Morgan fingerprint density at radius 3 is 2.35 bits per heavy atom. The second-order valence-electron chi connectivity index (χ2n) is 6.00. The monoisotopic (exact) mass is 252 g/mol. The van der Waals surface area contributed by atoms with Gasteiger partial charge in [0.1, 0.15) is 0 Å². The molecule has 0 atom stereocenters. The third-order valence-electron chi connectivity index (χ3n) is 3.72. The Morgan fingerprint density at radius 1 is 1.24 bits per heavy atom. The van der Waals surface area contributed by atoms with Crippen molar-refractivity contribution < 1.29 is 0 Å². The molecule has 0 aliphatic rings. The molecule has 1 aromatic rings. The van der Waals surface area contributed by atoms with Crippen LogP contribution >= 0.6 is 11.3 Å². The molecule has 0 nitrogen and oxygen atoms in total. The van der Waals surface area contributed by atoms with Crippen LogP contribution in [0.15, 0.2) is 6.07 Å². The standard InChI is InChI=1S/C16H28S/c1-7-9-10-13-11-14(16(5,6)8-2)17-15(13)12(3)4/h11-12H,7-10H2,1-6H3. The predicted octanol–water partition coefficient (Wildman–Crippen LogP) is 5.90. The number of thiophene rings is 1. The molecule has 0 N–H and O–H groups in total. The van der Waals surface area contributed by atoms with Gasteiger partial charge in [0.2, 0.25) is 0 Å². The predicted molar refractivity (Wildman–Crippen MR) is 80.3 cm³/mol. The molecule has 0 aromatic carbocycles. The van der Waals surface area contributed by atoms with Crippen molar-refractivity contribution in [2.75, 3.05) is 0 Å². The van der Waals surface area contributed by atoms with E-state index in [1.165, 1.54) is 25.7 Å². The molecule has 0 amide bonds. The normalized spacial score (nSPS) is 12.4. The van der Waals surface area contributed by atoms with Gasteiger partial charge in [0.05, 0.1) is 0 Å². The molecule has 0 radical (unpaired) electrons. The van der Waals surface area contributed by atoms with E-state index in [1.54, 1.807) is 15.3 Å². The van der Waals surface area contributed by atoms with Gasteiger partial charge in [-0.05, 0) is 42.2 Å². The van der Waals surface area contributed by atoms with Gasteiger partial charge in [-0.15, -0.1) is 11.3 Å². The van der Waals surface area contributed by atoms with E-state index in [4.69, 9.17) is 0 Å². The second kappa shape index (κ2) is 6.04. The van der Waals surface area contributed by atoms with Crippen molar-refractivity contribution in [3.05, 3.63) is 21.4 Å². The van der Waals surface area contributed by atoms with Crippen LogP contribution in [-0.4, -0.2) is 0 Å². The number of aryl methyl sites for hydroxylation is 1. The van der Waals surface area contributed by atoms with Crippen molar-refractivity contribution in [3.8, 4) is 0 Å². The Morgan fingerprint density at radius 2 is 1.88 bits per heavy atom. The van der Waals surface area contributed by atoms with E-state index >= 15 is 0 Å². The largest absolute Gasteiger partial charge is 0.144 e. The zero-order valence-corrected chi connectivity index (χ0v) is 13.2. The van der Waals surface area contributed by atoms with Gasteiger partial charge in [-0.2, -0.15) is 0 Å². The summed E-state index contributed by atoms with van der Waals surface area (Å²) in [6, 6.07) is 2.49. The summed E-state index contributed by atoms with van der Waals surface area (Å²) < 4.78 is 0. The third kappa shape index (κ3) is 3.58. The van der Waals surface area contributed by atoms with E-state index in [-0.39, 0.29) is 0 Å². The highest BCUT2D eigenvalue weighted by Gasteiger charge is 2.23. The fourth-order valence-corrected chi connectivity index (χ4v) is 3.39. The Hall–Kier alpha value is -0.300. The number of unbranched alkanes of at least 4 members (excludes halogenated alkanes) is 1. The van der Waals surface area contributed by atoms with Gasteiger partial charge in [-0.3, -0.25) is 0 Å². The quantitative estimate of drug-likeness (QED) is 0.591. The third-order valence-corrected chi connectivity index (χ3v) is 5.56. The molecule has 1 aromatic heterocycles. The smallest absolute Gasteiger partial charge is 0.0107 e. The summed E-state index contributed by atoms with van der Waals surface area (Å²) in [5.41, 5.74) is 1.96. The molecule has 0 aliphatic heterocycles. The van der Waals surface area contributed by atoms with Crippen LogP contribution in [0.1, 0.15) is 82.0 Å². The highest BCUT2D eigenvalue weighted by atomic mass is 32.1.